The Hall–Kier alpha value is -2.63. The molecule has 4 rings (SSSR count). The second-order valence-corrected chi connectivity index (χ2v) is 6.02. The summed E-state index contributed by atoms with van der Waals surface area (Å²) in [5, 5.41) is 12.6. The Labute approximate surface area is 134 Å². The summed E-state index contributed by atoms with van der Waals surface area (Å²) in [4.78, 5) is 14.6. The molecule has 3 heterocycles. The zero-order chi connectivity index (χ0) is 15.6. The second kappa shape index (κ2) is 5.87. The molecule has 0 radical (unpaired) electrons. The summed E-state index contributed by atoms with van der Waals surface area (Å²) < 4.78 is 1.96. The third-order valence-electron chi connectivity index (χ3n) is 4.52. The maximum Gasteiger partial charge on any atom is 0.228 e. The van der Waals surface area contributed by atoms with Gasteiger partial charge in [0.15, 0.2) is 0 Å². The van der Waals surface area contributed by atoms with Gasteiger partial charge in [-0.15, -0.1) is 0 Å². The number of carbonyl (C=O) groups excluding carboxylic acids is 1. The lowest BCUT2D eigenvalue weighted by Crippen LogP contribution is -2.41. The van der Waals surface area contributed by atoms with Crippen molar-refractivity contribution < 1.29 is 4.79 Å². The molecule has 118 valence electrons. The third kappa shape index (κ3) is 2.72. The zero-order valence-electron chi connectivity index (χ0n) is 12.9. The van der Waals surface area contributed by atoms with Gasteiger partial charge in [0.1, 0.15) is 0 Å². The first-order valence-electron chi connectivity index (χ1n) is 8.00. The minimum atomic E-state index is 0.149. The van der Waals surface area contributed by atoms with Crippen molar-refractivity contribution >= 4 is 16.8 Å². The van der Waals surface area contributed by atoms with Gasteiger partial charge in [-0.25, -0.2) is 0 Å². The Morgan fingerprint density at radius 1 is 1.30 bits per heavy atom. The van der Waals surface area contributed by atoms with Crippen molar-refractivity contribution in [3.05, 3.63) is 48.4 Å². The summed E-state index contributed by atoms with van der Waals surface area (Å²) in [6.07, 6.45) is 6.21. The van der Waals surface area contributed by atoms with E-state index in [1.54, 1.807) is 6.20 Å². The van der Waals surface area contributed by atoms with Crippen LogP contribution in [0, 0.1) is 0 Å². The van der Waals surface area contributed by atoms with E-state index in [2.05, 4.69) is 15.3 Å². The first kappa shape index (κ1) is 14.0. The molecule has 1 amide bonds. The highest BCUT2D eigenvalue weighted by atomic mass is 16.2. The van der Waals surface area contributed by atoms with Crippen LogP contribution in [0.2, 0.25) is 0 Å². The van der Waals surface area contributed by atoms with E-state index in [0.29, 0.717) is 6.42 Å². The second-order valence-electron chi connectivity index (χ2n) is 6.02. The lowest BCUT2D eigenvalue weighted by Gasteiger charge is -2.32. The fourth-order valence-corrected chi connectivity index (χ4v) is 3.31. The van der Waals surface area contributed by atoms with Gasteiger partial charge in [-0.3, -0.25) is 14.6 Å². The van der Waals surface area contributed by atoms with Crippen LogP contribution in [-0.4, -0.2) is 43.9 Å². The average Bonchev–Trinajstić information content (AvgIpc) is 3.25. The molecular formula is C17H19N5O. The van der Waals surface area contributed by atoms with Crippen LogP contribution in [0.5, 0.6) is 0 Å². The average molecular weight is 309 g/mol. The minimum Gasteiger partial charge on any atom is -0.340 e. The number of aromatic nitrogens is 4. The predicted molar refractivity (Wildman–Crippen MR) is 86.9 cm³/mol. The molecule has 0 bridgehead atoms. The summed E-state index contributed by atoms with van der Waals surface area (Å²) in [7, 11) is 0. The highest BCUT2D eigenvalue weighted by Gasteiger charge is 2.25. The number of carbonyl (C=O) groups is 1. The van der Waals surface area contributed by atoms with Crippen LogP contribution in [0.3, 0.4) is 0 Å². The molecule has 0 saturated carbocycles. The molecular weight excluding hydrogens is 290 g/mol. The van der Waals surface area contributed by atoms with E-state index in [4.69, 9.17) is 0 Å². The van der Waals surface area contributed by atoms with Crippen LogP contribution >= 0.6 is 0 Å². The molecule has 0 spiro atoms. The number of nitrogens with zero attached hydrogens (tertiary/aromatic N) is 4. The van der Waals surface area contributed by atoms with Gasteiger partial charge in [-0.05, 0) is 25.0 Å². The van der Waals surface area contributed by atoms with E-state index in [0.717, 1.165) is 42.5 Å². The van der Waals surface area contributed by atoms with E-state index in [9.17, 15) is 4.79 Å². The number of amides is 1. The number of H-pyrrole nitrogens is 1. The molecule has 1 aromatic carbocycles. The quantitative estimate of drug-likeness (QED) is 0.806. The van der Waals surface area contributed by atoms with E-state index in [1.807, 2.05) is 46.1 Å². The molecule has 1 aliphatic rings. The van der Waals surface area contributed by atoms with Crippen molar-refractivity contribution in [3.63, 3.8) is 0 Å². The number of hydrogen-bond acceptors (Lipinski definition) is 3. The van der Waals surface area contributed by atoms with Crippen molar-refractivity contribution in [1.82, 2.24) is 24.9 Å². The topological polar surface area (TPSA) is 66.8 Å². The number of piperidine rings is 1. The van der Waals surface area contributed by atoms with E-state index in [-0.39, 0.29) is 11.9 Å². The standard InChI is InChI=1S/C17H19N5O/c23-17(11-16-14-6-1-2-7-15(14)19-20-16)21-9-3-5-13(12-21)22-10-4-8-18-22/h1-2,4,6-8,10,13H,3,5,9,11-12H2,(H,19,20). The lowest BCUT2D eigenvalue weighted by atomic mass is 10.0. The van der Waals surface area contributed by atoms with Crippen LogP contribution in [0.15, 0.2) is 42.7 Å². The Bertz CT molecular complexity index is 807. The van der Waals surface area contributed by atoms with Crippen LogP contribution in [0.1, 0.15) is 24.6 Å². The maximum absolute atomic E-state index is 12.7. The Balaban J connectivity index is 1.48. The first-order chi connectivity index (χ1) is 11.3. The number of aromatic amines is 1. The zero-order valence-corrected chi connectivity index (χ0v) is 12.9. The van der Waals surface area contributed by atoms with Crippen molar-refractivity contribution in [2.75, 3.05) is 13.1 Å². The summed E-state index contributed by atoms with van der Waals surface area (Å²) in [6.45, 7) is 1.55. The number of para-hydroxylation sites is 1. The fraction of sp³-hybridized carbons (Fsp3) is 0.353. The van der Waals surface area contributed by atoms with Crippen LogP contribution < -0.4 is 0 Å². The largest absolute Gasteiger partial charge is 0.340 e. The van der Waals surface area contributed by atoms with Gasteiger partial charge in [-0.1, -0.05) is 18.2 Å². The molecule has 3 aromatic rings. The Kier molecular flexibility index (Phi) is 3.57. The van der Waals surface area contributed by atoms with E-state index in [1.165, 1.54) is 0 Å². The Morgan fingerprint density at radius 2 is 2.22 bits per heavy atom. The van der Waals surface area contributed by atoms with Gasteiger partial charge >= 0.3 is 0 Å². The van der Waals surface area contributed by atoms with E-state index >= 15 is 0 Å². The molecule has 6 heteroatoms. The molecule has 1 aliphatic heterocycles. The summed E-state index contributed by atoms with van der Waals surface area (Å²) >= 11 is 0. The first-order valence-corrected chi connectivity index (χ1v) is 8.00. The molecule has 0 aliphatic carbocycles. The van der Waals surface area contributed by atoms with Gasteiger partial charge < -0.3 is 4.90 Å². The monoisotopic (exact) mass is 309 g/mol. The number of fused-ring (bicyclic) bond motifs is 1. The smallest absolute Gasteiger partial charge is 0.228 e. The number of benzene rings is 1. The molecule has 2 aromatic heterocycles. The van der Waals surface area contributed by atoms with Gasteiger partial charge in [0.2, 0.25) is 5.91 Å². The molecule has 1 fully saturated rings. The van der Waals surface area contributed by atoms with Gasteiger partial charge in [0.25, 0.3) is 0 Å². The summed E-state index contributed by atoms with van der Waals surface area (Å²) in [5.41, 5.74) is 1.80. The third-order valence-corrected chi connectivity index (χ3v) is 4.52. The highest BCUT2D eigenvalue weighted by Crippen LogP contribution is 2.22. The summed E-state index contributed by atoms with van der Waals surface area (Å²) in [5.74, 6) is 0.149. The highest BCUT2D eigenvalue weighted by molar-refractivity contribution is 5.87. The normalized spacial score (nSPS) is 18.4. The van der Waals surface area contributed by atoms with Crippen LogP contribution in [-0.2, 0) is 11.2 Å². The summed E-state index contributed by atoms with van der Waals surface area (Å²) in [6, 6.07) is 10.1. The Morgan fingerprint density at radius 3 is 3.09 bits per heavy atom. The van der Waals surface area contributed by atoms with Crippen LogP contribution in [0.4, 0.5) is 0 Å². The van der Waals surface area contributed by atoms with Gasteiger partial charge in [-0.2, -0.15) is 10.2 Å². The fourth-order valence-electron chi connectivity index (χ4n) is 3.31. The van der Waals surface area contributed by atoms with E-state index < -0.39 is 0 Å². The SMILES string of the molecule is O=C(Cc1[nH]nc2ccccc12)N1CCCC(n2cccn2)C1. The number of rotatable bonds is 3. The van der Waals surface area contributed by atoms with Crippen molar-refractivity contribution in [2.24, 2.45) is 0 Å². The van der Waals surface area contributed by atoms with Crippen molar-refractivity contribution in [3.8, 4) is 0 Å². The lowest BCUT2D eigenvalue weighted by molar-refractivity contribution is -0.132. The van der Waals surface area contributed by atoms with Gasteiger partial charge in [0, 0.05) is 30.9 Å². The minimum absolute atomic E-state index is 0.149. The number of hydrogen-bond donors (Lipinski definition) is 1. The molecule has 1 atom stereocenters. The van der Waals surface area contributed by atoms with Crippen LogP contribution in [0.25, 0.3) is 10.9 Å². The number of likely N-dealkylation sites (tertiary alicyclic amines) is 1. The van der Waals surface area contributed by atoms with Crippen molar-refractivity contribution in [1.29, 1.82) is 0 Å². The van der Waals surface area contributed by atoms with Gasteiger partial charge in [0.05, 0.1) is 23.7 Å². The molecule has 1 N–H and O–H groups in total. The predicted octanol–water partition coefficient (Wildman–Crippen LogP) is 2.17. The molecule has 1 saturated heterocycles. The molecule has 6 nitrogen and oxygen atoms in total. The number of nitrogens with one attached hydrogen (secondary N) is 1. The molecule has 1 unspecified atom stereocenters. The maximum atomic E-state index is 12.7. The molecule has 23 heavy (non-hydrogen) atoms. The van der Waals surface area contributed by atoms with Crippen molar-refractivity contribution in [2.45, 2.75) is 25.3 Å².